The second kappa shape index (κ2) is 9.41. The molecular weight excluding hydrogens is 406 g/mol. The van der Waals surface area contributed by atoms with Gasteiger partial charge >= 0.3 is 5.97 Å². The smallest absolute Gasteiger partial charge is 0.344 e. The SMILES string of the molecule is CCOC(=O)C1=C(O)C(=Cc2ccc(OC)cc2O)SC1=Nc1ccccc1OC. The van der Waals surface area contributed by atoms with Crippen LogP contribution in [0.4, 0.5) is 5.69 Å². The van der Waals surface area contributed by atoms with E-state index in [1.165, 1.54) is 20.3 Å². The molecule has 0 radical (unpaired) electrons. The number of phenols is 1. The molecule has 0 aromatic heterocycles. The van der Waals surface area contributed by atoms with Crippen molar-refractivity contribution in [2.45, 2.75) is 6.92 Å². The number of thioether (sulfide) groups is 1. The van der Waals surface area contributed by atoms with Crippen molar-refractivity contribution in [3.8, 4) is 17.2 Å². The first-order valence-electron chi connectivity index (χ1n) is 9.07. The van der Waals surface area contributed by atoms with Gasteiger partial charge in [-0.2, -0.15) is 0 Å². The molecule has 7 nitrogen and oxygen atoms in total. The van der Waals surface area contributed by atoms with E-state index in [0.29, 0.717) is 27.7 Å². The van der Waals surface area contributed by atoms with Gasteiger partial charge in [0.25, 0.3) is 0 Å². The Balaban J connectivity index is 2.07. The summed E-state index contributed by atoms with van der Waals surface area (Å²) in [7, 11) is 3.03. The Morgan fingerprint density at radius 1 is 1.13 bits per heavy atom. The molecule has 8 heteroatoms. The molecule has 156 valence electrons. The quantitative estimate of drug-likeness (QED) is 0.650. The first kappa shape index (κ1) is 21.3. The molecule has 0 atom stereocenters. The summed E-state index contributed by atoms with van der Waals surface area (Å²) in [6.07, 6.45) is 1.57. The highest BCUT2D eigenvalue weighted by molar-refractivity contribution is 8.18. The third-order valence-corrected chi connectivity index (χ3v) is 5.22. The molecule has 3 rings (SSSR count). The lowest BCUT2D eigenvalue weighted by Crippen LogP contribution is -2.12. The number of esters is 1. The van der Waals surface area contributed by atoms with Crippen molar-refractivity contribution in [3.05, 3.63) is 64.3 Å². The maximum atomic E-state index is 12.5. The molecule has 0 bridgehead atoms. The van der Waals surface area contributed by atoms with E-state index in [2.05, 4.69) is 4.99 Å². The van der Waals surface area contributed by atoms with Gasteiger partial charge in [-0.1, -0.05) is 23.9 Å². The fourth-order valence-electron chi connectivity index (χ4n) is 2.74. The fraction of sp³-hybridized carbons (Fsp3) is 0.182. The number of aliphatic imine (C=N–C) groups is 1. The van der Waals surface area contributed by atoms with Gasteiger partial charge in [0.15, 0.2) is 0 Å². The fourth-order valence-corrected chi connectivity index (χ4v) is 3.76. The van der Waals surface area contributed by atoms with E-state index < -0.39 is 5.97 Å². The van der Waals surface area contributed by atoms with Gasteiger partial charge in [-0.15, -0.1) is 0 Å². The second-order valence-corrected chi connectivity index (χ2v) is 7.10. The summed E-state index contributed by atoms with van der Waals surface area (Å²) in [6, 6.07) is 11.9. The molecule has 0 amide bonds. The van der Waals surface area contributed by atoms with Crippen molar-refractivity contribution in [1.29, 1.82) is 0 Å². The Morgan fingerprint density at radius 3 is 2.57 bits per heavy atom. The summed E-state index contributed by atoms with van der Waals surface area (Å²) in [5, 5.41) is 21.2. The molecule has 2 N–H and O–H groups in total. The Bertz CT molecular complexity index is 1060. The van der Waals surface area contributed by atoms with Crippen LogP contribution in [0.1, 0.15) is 12.5 Å². The number of carbonyl (C=O) groups is 1. The Morgan fingerprint density at radius 2 is 1.90 bits per heavy atom. The average Bonchev–Trinajstić information content (AvgIpc) is 3.04. The topological polar surface area (TPSA) is 97.6 Å². The minimum absolute atomic E-state index is 0.0250. The van der Waals surface area contributed by atoms with Crippen LogP contribution in [0.2, 0.25) is 0 Å². The molecular formula is C22H21NO6S. The number of benzene rings is 2. The number of aliphatic hydroxyl groups excluding tert-OH is 1. The van der Waals surface area contributed by atoms with Gasteiger partial charge in [0.2, 0.25) is 0 Å². The number of aromatic hydroxyl groups is 1. The van der Waals surface area contributed by atoms with E-state index >= 15 is 0 Å². The van der Waals surface area contributed by atoms with Crippen LogP contribution < -0.4 is 9.47 Å². The van der Waals surface area contributed by atoms with Gasteiger partial charge in [-0.25, -0.2) is 9.79 Å². The zero-order chi connectivity index (χ0) is 21.7. The van der Waals surface area contributed by atoms with Gasteiger partial charge in [-0.05, 0) is 37.3 Å². The van der Waals surface area contributed by atoms with E-state index in [1.807, 2.05) is 6.07 Å². The molecule has 0 saturated carbocycles. The molecule has 0 saturated heterocycles. The number of nitrogens with zero attached hydrogens (tertiary/aromatic N) is 1. The van der Waals surface area contributed by atoms with E-state index in [4.69, 9.17) is 14.2 Å². The summed E-state index contributed by atoms with van der Waals surface area (Å²) in [5.41, 5.74) is 0.921. The lowest BCUT2D eigenvalue weighted by Gasteiger charge is -2.06. The van der Waals surface area contributed by atoms with Gasteiger partial charge in [0, 0.05) is 11.6 Å². The third kappa shape index (κ3) is 4.44. The molecule has 1 aliphatic heterocycles. The van der Waals surface area contributed by atoms with E-state index in [1.54, 1.807) is 43.3 Å². The molecule has 0 spiro atoms. The summed E-state index contributed by atoms with van der Waals surface area (Å²) in [6.45, 7) is 1.83. The van der Waals surface area contributed by atoms with Gasteiger partial charge < -0.3 is 24.4 Å². The molecule has 0 unspecified atom stereocenters. The minimum atomic E-state index is -0.682. The van der Waals surface area contributed by atoms with Crippen LogP contribution in [0.3, 0.4) is 0 Å². The first-order chi connectivity index (χ1) is 14.5. The van der Waals surface area contributed by atoms with E-state index in [9.17, 15) is 15.0 Å². The normalized spacial score (nSPS) is 16.2. The predicted molar refractivity (Wildman–Crippen MR) is 117 cm³/mol. The van der Waals surface area contributed by atoms with Crippen LogP contribution in [-0.2, 0) is 9.53 Å². The van der Waals surface area contributed by atoms with Crippen LogP contribution in [0, 0.1) is 0 Å². The maximum absolute atomic E-state index is 12.5. The molecule has 0 fully saturated rings. The Hall–Kier alpha value is -3.39. The van der Waals surface area contributed by atoms with Crippen LogP contribution in [0.5, 0.6) is 17.2 Å². The van der Waals surface area contributed by atoms with Crippen molar-refractivity contribution in [1.82, 2.24) is 0 Å². The van der Waals surface area contributed by atoms with Crippen molar-refractivity contribution < 1.29 is 29.2 Å². The van der Waals surface area contributed by atoms with Crippen molar-refractivity contribution in [2.75, 3.05) is 20.8 Å². The largest absolute Gasteiger partial charge is 0.507 e. The molecule has 1 aliphatic rings. The number of hydrogen-bond donors (Lipinski definition) is 2. The predicted octanol–water partition coefficient (Wildman–Crippen LogP) is 4.60. The van der Waals surface area contributed by atoms with Gasteiger partial charge in [-0.3, -0.25) is 0 Å². The van der Waals surface area contributed by atoms with Crippen molar-refractivity contribution in [3.63, 3.8) is 0 Å². The van der Waals surface area contributed by atoms with Crippen LogP contribution in [0.15, 0.2) is 63.7 Å². The van der Waals surface area contributed by atoms with Crippen LogP contribution in [-0.4, -0.2) is 42.1 Å². The second-order valence-electron chi connectivity index (χ2n) is 6.07. The summed E-state index contributed by atoms with van der Waals surface area (Å²) >= 11 is 1.10. The molecule has 2 aromatic carbocycles. The average molecular weight is 427 g/mol. The number of aliphatic hydroxyl groups is 1. The standard InChI is InChI=1S/C22H21NO6S/c1-4-29-22(26)19-20(25)18(11-13-9-10-14(27-2)12-16(13)24)30-21(19)23-15-7-5-6-8-17(15)28-3/h5-12,24-25H,4H2,1-3H3. The molecule has 1 heterocycles. The van der Waals surface area contributed by atoms with Crippen LogP contribution in [0.25, 0.3) is 6.08 Å². The number of para-hydroxylation sites is 2. The summed E-state index contributed by atoms with van der Waals surface area (Å²) in [5.74, 6) is 0.0570. The monoisotopic (exact) mass is 427 g/mol. The number of ether oxygens (including phenoxy) is 3. The number of phenolic OH excluding ortho intramolecular Hbond substituents is 1. The third-order valence-electron chi connectivity index (χ3n) is 4.20. The van der Waals surface area contributed by atoms with Crippen molar-refractivity contribution >= 4 is 34.5 Å². The van der Waals surface area contributed by atoms with Crippen molar-refractivity contribution in [2.24, 2.45) is 4.99 Å². The summed E-state index contributed by atoms with van der Waals surface area (Å²) < 4.78 is 15.5. The first-order valence-corrected chi connectivity index (χ1v) is 9.89. The van der Waals surface area contributed by atoms with E-state index in [-0.39, 0.29) is 28.7 Å². The number of hydrogen-bond acceptors (Lipinski definition) is 8. The summed E-state index contributed by atoms with van der Waals surface area (Å²) in [4.78, 5) is 17.4. The zero-order valence-corrected chi connectivity index (χ0v) is 17.5. The molecule has 0 aliphatic carbocycles. The van der Waals surface area contributed by atoms with Gasteiger partial charge in [0.05, 0.1) is 25.7 Å². The lowest BCUT2D eigenvalue weighted by atomic mass is 10.1. The Labute approximate surface area is 178 Å². The number of rotatable bonds is 6. The van der Waals surface area contributed by atoms with E-state index in [0.717, 1.165) is 11.8 Å². The highest BCUT2D eigenvalue weighted by Gasteiger charge is 2.33. The number of methoxy groups -OCH3 is 2. The molecule has 2 aromatic rings. The maximum Gasteiger partial charge on any atom is 0.344 e. The van der Waals surface area contributed by atoms with Gasteiger partial charge in [0.1, 0.15) is 39.3 Å². The lowest BCUT2D eigenvalue weighted by molar-refractivity contribution is -0.138. The highest BCUT2D eigenvalue weighted by atomic mass is 32.2. The van der Waals surface area contributed by atoms with Crippen LogP contribution >= 0.6 is 11.8 Å². The zero-order valence-electron chi connectivity index (χ0n) is 16.7. The number of carbonyl (C=O) groups excluding carboxylic acids is 1. The highest BCUT2D eigenvalue weighted by Crippen LogP contribution is 2.42. The minimum Gasteiger partial charge on any atom is -0.507 e. The Kier molecular flexibility index (Phi) is 6.68. The molecule has 30 heavy (non-hydrogen) atoms.